The first-order chi connectivity index (χ1) is 9.11. The lowest BCUT2D eigenvalue weighted by molar-refractivity contribution is 0.0702. The Bertz CT molecular complexity index is 608. The van der Waals surface area contributed by atoms with Crippen LogP contribution in [-0.4, -0.2) is 23.2 Å². The second-order valence-electron chi connectivity index (χ2n) is 3.64. The second kappa shape index (κ2) is 5.90. The molecule has 0 aliphatic carbocycles. The summed E-state index contributed by atoms with van der Waals surface area (Å²) in [5, 5.41) is 11.7. The average molecular weight is 293 g/mol. The molecule has 0 spiro atoms. The molecule has 0 unspecified atom stereocenters. The van der Waals surface area contributed by atoms with E-state index in [0.717, 1.165) is 11.3 Å². The molecule has 6 heteroatoms. The van der Waals surface area contributed by atoms with Crippen molar-refractivity contribution in [1.29, 1.82) is 0 Å². The predicted octanol–water partition coefficient (Wildman–Crippen LogP) is 3.42. The van der Waals surface area contributed by atoms with Gasteiger partial charge >= 0.3 is 5.97 Å². The van der Waals surface area contributed by atoms with Gasteiger partial charge in [-0.05, 0) is 24.5 Å². The van der Waals surface area contributed by atoms with E-state index in [1.165, 1.54) is 17.8 Å². The first-order valence-electron chi connectivity index (χ1n) is 5.39. The standard InChI is InChI=1S/C13H11NO3S2/c1-18-13-9(7-10(19-13)12(16)17)11(15)14-8-5-3-2-4-6-8/h2-7H,1H3,(H,14,15)(H,16,17). The molecule has 19 heavy (non-hydrogen) atoms. The number of benzene rings is 1. The van der Waals surface area contributed by atoms with Crippen molar-refractivity contribution in [3.05, 3.63) is 46.8 Å². The lowest BCUT2D eigenvalue weighted by Crippen LogP contribution is -2.11. The van der Waals surface area contributed by atoms with Crippen molar-refractivity contribution >= 4 is 40.7 Å². The molecule has 1 aromatic carbocycles. The van der Waals surface area contributed by atoms with Crippen LogP contribution in [0.5, 0.6) is 0 Å². The van der Waals surface area contributed by atoms with Gasteiger partial charge in [0.25, 0.3) is 5.91 Å². The molecule has 1 aromatic heterocycles. The molecule has 0 bridgehead atoms. The number of nitrogens with one attached hydrogen (secondary N) is 1. The SMILES string of the molecule is CSc1sc(C(=O)O)cc1C(=O)Nc1ccccc1. The summed E-state index contributed by atoms with van der Waals surface area (Å²) in [6.45, 7) is 0. The molecule has 98 valence electrons. The molecule has 4 nitrogen and oxygen atoms in total. The number of hydrogen-bond acceptors (Lipinski definition) is 4. The molecular weight excluding hydrogens is 282 g/mol. The summed E-state index contributed by atoms with van der Waals surface area (Å²) >= 11 is 2.48. The average Bonchev–Trinajstić information content (AvgIpc) is 2.84. The Balaban J connectivity index is 2.26. The van der Waals surface area contributed by atoms with Gasteiger partial charge in [0.15, 0.2) is 0 Å². The third-order valence-electron chi connectivity index (χ3n) is 2.37. The number of amides is 1. The fourth-order valence-corrected chi connectivity index (χ4v) is 3.21. The Labute approximate surface area is 118 Å². The van der Waals surface area contributed by atoms with E-state index in [1.807, 2.05) is 24.5 Å². The topological polar surface area (TPSA) is 66.4 Å². The molecule has 2 N–H and O–H groups in total. The number of para-hydroxylation sites is 1. The molecule has 0 aliphatic heterocycles. The van der Waals surface area contributed by atoms with Crippen LogP contribution in [0.15, 0.2) is 40.6 Å². The number of thiophene rings is 1. The molecule has 2 aromatic rings. The van der Waals surface area contributed by atoms with Crippen LogP contribution >= 0.6 is 23.1 Å². The van der Waals surface area contributed by atoms with E-state index in [2.05, 4.69) is 5.32 Å². The number of carboxylic acids is 1. The van der Waals surface area contributed by atoms with Crippen molar-refractivity contribution in [1.82, 2.24) is 0 Å². The third kappa shape index (κ3) is 3.15. The first kappa shape index (κ1) is 13.6. The minimum Gasteiger partial charge on any atom is -0.477 e. The van der Waals surface area contributed by atoms with Gasteiger partial charge < -0.3 is 10.4 Å². The number of thioether (sulfide) groups is 1. The van der Waals surface area contributed by atoms with Gasteiger partial charge in [0, 0.05) is 5.69 Å². The van der Waals surface area contributed by atoms with E-state index >= 15 is 0 Å². The molecule has 0 saturated carbocycles. The number of rotatable bonds is 4. The Morgan fingerprint density at radius 1 is 1.26 bits per heavy atom. The van der Waals surface area contributed by atoms with Crippen molar-refractivity contribution in [2.24, 2.45) is 0 Å². The van der Waals surface area contributed by atoms with Crippen LogP contribution in [0.1, 0.15) is 20.0 Å². The number of carboxylic acid groups (broad SMARTS) is 1. The van der Waals surface area contributed by atoms with Crippen LogP contribution in [0.25, 0.3) is 0 Å². The fraction of sp³-hybridized carbons (Fsp3) is 0.0769. The summed E-state index contributed by atoms with van der Waals surface area (Å²) < 4.78 is 0.700. The number of carbonyl (C=O) groups excluding carboxylic acids is 1. The molecule has 2 rings (SSSR count). The zero-order valence-electron chi connectivity index (χ0n) is 10.0. The Morgan fingerprint density at radius 3 is 2.53 bits per heavy atom. The molecule has 1 amide bonds. The van der Waals surface area contributed by atoms with Crippen molar-refractivity contribution in [3.63, 3.8) is 0 Å². The van der Waals surface area contributed by atoms with Gasteiger partial charge in [-0.2, -0.15) is 0 Å². The third-order valence-corrected chi connectivity index (χ3v) is 4.63. The zero-order valence-corrected chi connectivity index (χ0v) is 11.7. The van der Waals surface area contributed by atoms with E-state index < -0.39 is 5.97 Å². The Hall–Kier alpha value is -1.79. The molecular formula is C13H11NO3S2. The van der Waals surface area contributed by atoms with E-state index in [4.69, 9.17) is 5.11 Å². The lowest BCUT2D eigenvalue weighted by atomic mass is 10.2. The zero-order chi connectivity index (χ0) is 13.8. The maximum atomic E-state index is 12.1. The first-order valence-corrected chi connectivity index (χ1v) is 7.43. The van der Waals surface area contributed by atoms with Crippen LogP contribution in [0.4, 0.5) is 5.69 Å². The van der Waals surface area contributed by atoms with Gasteiger partial charge in [0.05, 0.1) is 9.77 Å². The molecule has 0 atom stereocenters. The highest BCUT2D eigenvalue weighted by molar-refractivity contribution is 8.00. The van der Waals surface area contributed by atoms with Crippen LogP contribution in [-0.2, 0) is 0 Å². The smallest absolute Gasteiger partial charge is 0.345 e. The highest BCUT2D eigenvalue weighted by atomic mass is 32.2. The lowest BCUT2D eigenvalue weighted by Gasteiger charge is -2.04. The van der Waals surface area contributed by atoms with Crippen molar-refractivity contribution in [2.45, 2.75) is 4.21 Å². The van der Waals surface area contributed by atoms with Crippen LogP contribution in [0.3, 0.4) is 0 Å². The number of anilines is 1. The van der Waals surface area contributed by atoms with Gasteiger partial charge in [0.2, 0.25) is 0 Å². The monoisotopic (exact) mass is 293 g/mol. The number of hydrogen-bond donors (Lipinski definition) is 2. The molecule has 1 heterocycles. The van der Waals surface area contributed by atoms with Crippen LogP contribution < -0.4 is 5.32 Å². The number of carbonyl (C=O) groups is 2. The van der Waals surface area contributed by atoms with Crippen molar-refractivity contribution in [2.75, 3.05) is 11.6 Å². The molecule has 0 aliphatic rings. The predicted molar refractivity (Wildman–Crippen MR) is 77.5 cm³/mol. The Kier molecular flexibility index (Phi) is 4.24. The maximum absolute atomic E-state index is 12.1. The summed E-state index contributed by atoms with van der Waals surface area (Å²) in [6.07, 6.45) is 1.82. The highest BCUT2D eigenvalue weighted by Crippen LogP contribution is 2.31. The minimum absolute atomic E-state index is 0.169. The second-order valence-corrected chi connectivity index (χ2v) is 5.77. The quantitative estimate of drug-likeness (QED) is 0.848. The summed E-state index contributed by atoms with van der Waals surface area (Å²) in [6, 6.07) is 10.5. The van der Waals surface area contributed by atoms with Gasteiger partial charge in [-0.25, -0.2) is 4.79 Å². The van der Waals surface area contributed by atoms with Gasteiger partial charge in [-0.15, -0.1) is 23.1 Å². The largest absolute Gasteiger partial charge is 0.477 e. The summed E-state index contributed by atoms with van der Waals surface area (Å²) in [7, 11) is 0. The van der Waals surface area contributed by atoms with Gasteiger partial charge in [0.1, 0.15) is 4.88 Å². The molecule has 0 saturated heterocycles. The van der Waals surface area contributed by atoms with E-state index in [-0.39, 0.29) is 10.8 Å². The van der Waals surface area contributed by atoms with Crippen LogP contribution in [0, 0.1) is 0 Å². The van der Waals surface area contributed by atoms with Crippen molar-refractivity contribution in [3.8, 4) is 0 Å². The highest BCUT2D eigenvalue weighted by Gasteiger charge is 2.18. The maximum Gasteiger partial charge on any atom is 0.345 e. The summed E-state index contributed by atoms with van der Waals surface area (Å²) in [5.41, 5.74) is 1.08. The van der Waals surface area contributed by atoms with Crippen LogP contribution in [0.2, 0.25) is 0 Å². The Morgan fingerprint density at radius 2 is 1.95 bits per heavy atom. The summed E-state index contributed by atoms with van der Waals surface area (Å²) in [4.78, 5) is 23.2. The van der Waals surface area contributed by atoms with E-state index in [0.29, 0.717) is 15.5 Å². The van der Waals surface area contributed by atoms with Gasteiger partial charge in [-0.1, -0.05) is 18.2 Å². The van der Waals surface area contributed by atoms with E-state index in [9.17, 15) is 9.59 Å². The fourth-order valence-electron chi connectivity index (χ4n) is 1.51. The van der Waals surface area contributed by atoms with E-state index in [1.54, 1.807) is 12.1 Å². The molecule has 0 fully saturated rings. The molecule has 0 radical (unpaired) electrons. The van der Waals surface area contributed by atoms with Crippen molar-refractivity contribution < 1.29 is 14.7 Å². The normalized spacial score (nSPS) is 10.2. The summed E-state index contributed by atoms with van der Waals surface area (Å²) in [5.74, 6) is -1.31. The minimum atomic E-state index is -1.01. The number of aromatic carboxylic acids is 1. The van der Waals surface area contributed by atoms with Gasteiger partial charge in [-0.3, -0.25) is 4.79 Å².